The smallest absolute Gasteiger partial charge is 0.173 e. The van der Waals surface area contributed by atoms with E-state index in [9.17, 15) is 4.39 Å². The summed E-state index contributed by atoms with van der Waals surface area (Å²) in [5.41, 5.74) is 0.911. The van der Waals surface area contributed by atoms with Gasteiger partial charge in [-0.1, -0.05) is 0 Å². The first-order valence-electron chi connectivity index (χ1n) is 4.90. The molecule has 2 rings (SSSR count). The summed E-state index contributed by atoms with van der Waals surface area (Å²) in [6.45, 7) is 0.722. The van der Waals surface area contributed by atoms with E-state index in [-0.39, 0.29) is 5.82 Å². The third kappa shape index (κ3) is 2.73. The van der Waals surface area contributed by atoms with Crippen molar-refractivity contribution in [2.24, 2.45) is 0 Å². The molecule has 1 N–H and O–H groups in total. The number of hydrogen-bond acceptors (Lipinski definition) is 3. The minimum Gasteiger partial charge on any atom is -0.487 e. The lowest BCUT2D eigenvalue weighted by Crippen LogP contribution is -1.96. The summed E-state index contributed by atoms with van der Waals surface area (Å²) in [6.07, 6.45) is 0. The van der Waals surface area contributed by atoms with E-state index < -0.39 is 0 Å². The van der Waals surface area contributed by atoms with Crippen molar-refractivity contribution in [3.8, 4) is 5.06 Å². The molecular formula is C12H12FNOS. The monoisotopic (exact) mass is 237 g/mol. The van der Waals surface area contributed by atoms with E-state index in [1.54, 1.807) is 30.6 Å². The first-order valence-corrected chi connectivity index (χ1v) is 5.72. The third-order valence-corrected chi connectivity index (χ3v) is 3.20. The molecule has 0 bridgehead atoms. The highest BCUT2D eigenvalue weighted by Crippen LogP contribution is 2.24. The molecule has 1 aromatic heterocycles. The molecular weight excluding hydrogens is 225 g/mol. The molecule has 0 fully saturated rings. The molecule has 0 aliphatic heterocycles. The molecule has 0 atom stereocenters. The van der Waals surface area contributed by atoms with E-state index in [1.807, 2.05) is 12.1 Å². The number of methoxy groups -OCH3 is 1. The Morgan fingerprint density at radius 2 is 1.94 bits per heavy atom. The quantitative estimate of drug-likeness (QED) is 0.878. The number of thiophene rings is 1. The second-order valence-corrected chi connectivity index (χ2v) is 4.42. The number of halogens is 1. The molecule has 84 valence electrons. The van der Waals surface area contributed by atoms with Crippen LogP contribution in [0.3, 0.4) is 0 Å². The summed E-state index contributed by atoms with van der Waals surface area (Å²) in [5, 5.41) is 4.11. The lowest BCUT2D eigenvalue weighted by atomic mass is 10.3. The van der Waals surface area contributed by atoms with E-state index in [0.29, 0.717) is 0 Å². The van der Waals surface area contributed by atoms with Crippen LogP contribution in [0.2, 0.25) is 0 Å². The van der Waals surface area contributed by atoms with Crippen molar-refractivity contribution >= 4 is 17.0 Å². The van der Waals surface area contributed by atoms with Crippen LogP contribution in [0.5, 0.6) is 5.06 Å². The fourth-order valence-electron chi connectivity index (χ4n) is 1.32. The second-order valence-electron chi connectivity index (χ2n) is 3.29. The van der Waals surface area contributed by atoms with Gasteiger partial charge in [0.25, 0.3) is 0 Å². The molecule has 0 unspecified atom stereocenters. The first kappa shape index (κ1) is 11.0. The van der Waals surface area contributed by atoms with E-state index in [4.69, 9.17) is 4.74 Å². The molecule has 0 saturated carbocycles. The fourth-order valence-corrected chi connectivity index (χ4v) is 2.08. The van der Waals surface area contributed by atoms with Gasteiger partial charge in [0.1, 0.15) is 5.82 Å². The van der Waals surface area contributed by atoms with Crippen LogP contribution in [0, 0.1) is 5.82 Å². The standard InChI is InChI=1S/C12H12FNOS/c1-15-12-7-6-11(16-12)8-14-10-4-2-9(13)3-5-10/h2-7,14H,8H2,1H3. The highest BCUT2D eigenvalue weighted by atomic mass is 32.1. The zero-order chi connectivity index (χ0) is 11.4. The van der Waals surface area contributed by atoms with Gasteiger partial charge in [-0.2, -0.15) is 0 Å². The normalized spacial score (nSPS) is 10.1. The van der Waals surface area contributed by atoms with Crippen LogP contribution in [0.15, 0.2) is 36.4 Å². The molecule has 4 heteroatoms. The second kappa shape index (κ2) is 4.99. The van der Waals surface area contributed by atoms with Gasteiger partial charge in [-0.15, -0.1) is 11.3 Å². The highest BCUT2D eigenvalue weighted by Gasteiger charge is 1.99. The van der Waals surface area contributed by atoms with Crippen molar-refractivity contribution in [1.82, 2.24) is 0 Å². The molecule has 1 aromatic carbocycles. The molecule has 1 heterocycles. The van der Waals surface area contributed by atoms with Gasteiger partial charge in [0.2, 0.25) is 0 Å². The van der Waals surface area contributed by atoms with Gasteiger partial charge >= 0.3 is 0 Å². The first-order chi connectivity index (χ1) is 7.78. The summed E-state index contributed by atoms with van der Waals surface area (Å²) in [5.74, 6) is -0.219. The maximum Gasteiger partial charge on any atom is 0.173 e. The minimum atomic E-state index is -0.219. The number of hydrogen-bond donors (Lipinski definition) is 1. The number of rotatable bonds is 4. The van der Waals surface area contributed by atoms with Gasteiger partial charge in [-0.3, -0.25) is 0 Å². The van der Waals surface area contributed by atoms with Crippen LogP contribution in [0.1, 0.15) is 4.88 Å². The molecule has 2 aromatic rings. The van der Waals surface area contributed by atoms with Crippen molar-refractivity contribution in [3.63, 3.8) is 0 Å². The van der Waals surface area contributed by atoms with Crippen LogP contribution in [-0.2, 0) is 6.54 Å². The summed E-state index contributed by atoms with van der Waals surface area (Å²) in [7, 11) is 1.66. The predicted octanol–water partition coefficient (Wildman–Crippen LogP) is 3.51. The molecule has 0 aliphatic carbocycles. The lowest BCUT2D eigenvalue weighted by Gasteiger charge is -2.03. The lowest BCUT2D eigenvalue weighted by molar-refractivity contribution is 0.427. The van der Waals surface area contributed by atoms with Crippen LogP contribution < -0.4 is 10.1 Å². The van der Waals surface area contributed by atoms with Gasteiger partial charge < -0.3 is 10.1 Å². The Labute approximate surface area is 97.7 Å². The minimum absolute atomic E-state index is 0.219. The Bertz CT molecular complexity index is 452. The van der Waals surface area contributed by atoms with Gasteiger partial charge in [-0.25, -0.2) is 4.39 Å². The number of anilines is 1. The number of nitrogens with one attached hydrogen (secondary N) is 1. The van der Waals surface area contributed by atoms with Crippen molar-refractivity contribution in [1.29, 1.82) is 0 Å². The highest BCUT2D eigenvalue weighted by molar-refractivity contribution is 7.13. The van der Waals surface area contributed by atoms with Gasteiger partial charge in [0.15, 0.2) is 5.06 Å². The van der Waals surface area contributed by atoms with Gasteiger partial charge in [0.05, 0.1) is 7.11 Å². The number of ether oxygens (including phenoxy) is 1. The Kier molecular flexibility index (Phi) is 3.41. The average Bonchev–Trinajstić information content (AvgIpc) is 2.76. The molecule has 0 spiro atoms. The van der Waals surface area contributed by atoms with E-state index >= 15 is 0 Å². The average molecular weight is 237 g/mol. The maximum absolute atomic E-state index is 12.7. The van der Waals surface area contributed by atoms with E-state index in [2.05, 4.69) is 5.32 Å². The molecule has 0 amide bonds. The summed E-state index contributed by atoms with van der Waals surface area (Å²) in [6, 6.07) is 10.3. The third-order valence-electron chi connectivity index (χ3n) is 2.15. The van der Waals surface area contributed by atoms with Crippen LogP contribution in [0.4, 0.5) is 10.1 Å². The van der Waals surface area contributed by atoms with Crippen LogP contribution in [0.25, 0.3) is 0 Å². The van der Waals surface area contributed by atoms with Gasteiger partial charge in [0, 0.05) is 17.1 Å². The zero-order valence-electron chi connectivity index (χ0n) is 8.87. The molecule has 0 radical (unpaired) electrons. The number of benzene rings is 1. The molecule has 16 heavy (non-hydrogen) atoms. The molecule has 2 nitrogen and oxygen atoms in total. The van der Waals surface area contributed by atoms with Crippen molar-refractivity contribution < 1.29 is 9.13 Å². The largest absolute Gasteiger partial charge is 0.487 e. The zero-order valence-corrected chi connectivity index (χ0v) is 9.68. The predicted molar refractivity (Wildman–Crippen MR) is 64.6 cm³/mol. The molecule has 0 saturated heterocycles. The van der Waals surface area contributed by atoms with E-state index in [0.717, 1.165) is 17.3 Å². The van der Waals surface area contributed by atoms with Crippen molar-refractivity contribution in [2.75, 3.05) is 12.4 Å². The van der Waals surface area contributed by atoms with E-state index in [1.165, 1.54) is 17.0 Å². The van der Waals surface area contributed by atoms with Crippen LogP contribution >= 0.6 is 11.3 Å². The Hall–Kier alpha value is -1.55. The maximum atomic E-state index is 12.7. The molecule has 0 aliphatic rings. The summed E-state index contributed by atoms with van der Waals surface area (Å²) in [4.78, 5) is 1.18. The Morgan fingerprint density at radius 3 is 2.56 bits per heavy atom. The van der Waals surface area contributed by atoms with Crippen LogP contribution in [-0.4, -0.2) is 7.11 Å². The van der Waals surface area contributed by atoms with Gasteiger partial charge in [-0.05, 0) is 36.4 Å². The Morgan fingerprint density at radius 1 is 1.19 bits per heavy atom. The topological polar surface area (TPSA) is 21.3 Å². The van der Waals surface area contributed by atoms with Crippen molar-refractivity contribution in [2.45, 2.75) is 6.54 Å². The summed E-state index contributed by atoms with van der Waals surface area (Å²) < 4.78 is 17.8. The van der Waals surface area contributed by atoms with Crippen molar-refractivity contribution in [3.05, 3.63) is 47.1 Å². The fraction of sp³-hybridized carbons (Fsp3) is 0.167. The SMILES string of the molecule is COc1ccc(CNc2ccc(F)cc2)s1. The summed E-state index contributed by atoms with van der Waals surface area (Å²) >= 11 is 1.60. The Balaban J connectivity index is 1.94.